The molecule has 2 heterocycles. The van der Waals surface area contributed by atoms with Crippen molar-refractivity contribution in [1.82, 2.24) is 9.29 Å². The highest BCUT2D eigenvalue weighted by Crippen LogP contribution is 2.29. The molecule has 1 aliphatic rings. The Hall–Kier alpha value is -2.38. The quantitative estimate of drug-likeness (QED) is 0.543. The molecule has 3 N–H and O–H groups in total. The minimum atomic E-state index is -3.84. The fourth-order valence-electron chi connectivity index (χ4n) is 4.03. The lowest BCUT2D eigenvalue weighted by Crippen LogP contribution is -2.42. The van der Waals surface area contributed by atoms with E-state index in [-0.39, 0.29) is 20.5 Å². The molecule has 176 valence electrons. The third-order valence-corrected chi connectivity index (χ3v) is 9.19. The van der Waals surface area contributed by atoms with Crippen LogP contribution in [-0.4, -0.2) is 45.1 Å². The van der Waals surface area contributed by atoms with Gasteiger partial charge in [0.15, 0.2) is 5.13 Å². The van der Waals surface area contributed by atoms with Gasteiger partial charge < -0.3 is 0 Å². The van der Waals surface area contributed by atoms with Crippen LogP contribution in [0.15, 0.2) is 52.3 Å². The topological polar surface area (TPSA) is 140 Å². The van der Waals surface area contributed by atoms with Crippen molar-refractivity contribution in [3.05, 3.63) is 48.0 Å². The summed E-state index contributed by atoms with van der Waals surface area (Å²) in [7, 11) is -7.47. The van der Waals surface area contributed by atoms with E-state index in [0.29, 0.717) is 35.1 Å². The molecule has 0 aliphatic carbocycles. The monoisotopic (exact) mass is 508 g/mol. The highest BCUT2D eigenvalue weighted by Gasteiger charge is 2.31. The summed E-state index contributed by atoms with van der Waals surface area (Å²) in [6.07, 6.45) is 1.00. The molecule has 9 nitrogen and oxygen atoms in total. The van der Waals surface area contributed by atoms with Crippen LogP contribution in [0.1, 0.15) is 30.6 Å². The number of nitrogens with one attached hydrogen (secondary N) is 1. The summed E-state index contributed by atoms with van der Waals surface area (Å²) in [6.45, 7) is 5.06. The van der Waals surface area contributed by atoms with Gasteiger partial charge in [-0.2, -0.15) is 4.31 Å². The van der Waals surface area contributed by atoms with Crippen molar-refractivity contribution in [2.24, 2.45) is 17.0 Å². The maximum atomic E-state index is 13.0. The zero-order valence-electron chi connectivity index (χ0n) is 18.1. The smallest absolute Gasteiger partial charge is 0.257 e. The van der Waals surface area contributed by atoms with Gasteiger partial charge in [-0.15, -0.1) is 0 Å². The average molecular weight is 509 g/mol. The number of benzene rings is 2. The molecule has 0 radical (unpaired) electrons. The van der Waals surface area contributed by atoms with Crippen LogP contribution in [0.2, 0.25) is 0 Å². The number of piperidine rings is 1. The number of thiazole rings is 1. The number of fused-ring (bicyclic) bond motifs is 1. The van der Waals surface area contributed by atoms with E-state index in [1.807, 2.05) is 13.8 Å². The van der Waals surface area contributed by atoms with E-state index in [9.17, 15) is 21.6 Å². The summed E-state index contributed by atoms with van der Waals surface area (Å²) in [6, 6.07) is 10.1. The molecule has 33 heavy (non-hydrogen) atoms. The third-order valence-electron chi connectivity index (χ3n) is 5.50. The number of nitrogens with two attached hydrogens (primary N) is 1. The molecule has 1 aromatic heterocycles. The van der Waals surface area contributed by atoms with E-state index >= 15 is 0 Å². The Labute approximate surface area is 196 Å². The molecule has 4 rings (SSSR count). The second-order valence-electron chi connectivity index (χ2n) is 8.44. The maximum absolute atomic E-state index is 13.0. The minimum absolute atomic E-state index is 0.0363. The number of primary sulfonamides is 1. The van der Waals surface area contributed by atoms with Crippen molar-refractivity contribution in [1.29, 1.82) is 0 Å². The Balaban J connectivity index is 1.50. The van der Waals surface area contributed by atoms with Crippen molar-refractivity contribution >= 4 is 52.6 Å². The first-order valence-electron chi connectivity index (χ1n) is 10.3. The summed E-state index contributed by atoms with van der Waals surface area (Å²) >= 11 is 1.11. The molecule has 1 amide bonds. The zero-order valence-corrected chi connectivity index (χ0v) is 20.5. The van der Waals surface area contributed by atoms with Gasteiger partial charge in [-0.25, -0.2) is 27.0 Å². The lowest BCUT2D eigenvalue weighted by molar-refractivity contribution is 0.102. The van der Waals surface area contributed by atoms with E-state index in [0.717, 1.165) is 17.8 Å². The summed E-state index contributed by atoms with van der Waals surface area (Å²) in [5.74, 6) is 0.136. The molecular weight excluding hydrogens is 484 g/mol. The SMILES string of the molecule is CC1CC(C)CN(S(=O)(=O)c2ccc(C(=O)Nc3nc4ccc(S(N)(=O)=O)cc4s3)cc2)C1. The van der Waals surface area contributed by atoms with Crippen LogP contribution in [0.25, 0.3) is 10.2 Å². The average Bonchev–Trinajstić information content (AvgIpc) is 3.14. The van der Waals surface area contributed by atoms with Crippen LogP contribution >= 0.6 is 11.3 Å². The van der Waals surface area contributed by atoms with Crippen LogP contribution in [0.5, 0.6) is 0 Å². The van der Waals surface area contributed by atoms with Gasteiger partial charge in [0.05, 0.1) is 20.0 Å². The molecule has 2 aromatic carbocycles. The predicted octanol–water partition coefficient (Wildman–Crippen LogP) is 2.86. The van der Waals surface area contributed by atoms with Crippen molar-refractivity contribution in [3.63, 3.8) is 0 Å². The lowest BCUT2D eigenvalue weighted by atomic mass is 9.94. The number of sulfonamides is 2. The van der Waals surface area contributed by atoms with Crippen molar-refractivity contribution in [2.45, 2.75) is 30.1 Å². The van der Waals surface area contributed by atoms with Crippen LogP contribution in [-0.2, 0) is 20.0 Å². The van der Waals surface area contributed by atoms with Gasteiger partial charge in [-0.05, 0) is 60.7 Å². The number of nitrogens with zero attached hydrogens (tertiary/aromatic N) is 2. The van der Waals surface area contributed by atoms with Gasteiger partial charge in [0, 0.05) is 18.7 Å². The minimum Gasteiger partial charge on any atom is -0.298 e. The highest BCUT2D eigenvalue weighted by atomic mass is 32.2. The largest absolute Gasteiger partial charge is 0.298 e. The molecule has 1 fully saturated rings. The standard InChI is InChI=1S/C21H24N4O5S3/c1-13-9-14(2)12-25(11-13)33(29,30)16-5-3-15(4-6-16)20(26)24-21-23-18-8-7-17(32(22,27)28)10-19(18)31-21/h3-8,10,13-14H,9,11-12H2,1-2H3,(H2,22,27,28)(H,23,24,26). The Bertz CT molecular complexity index is 1410. The highest BCUT2D eigenvalue weighted by molar-refractivity contribution is 7.89. The van der Waals surface area contributed by atoms with Crippen LogP contribution in [0.3, 0.4) is 0 Å². The normalized spacial score (nSPS) is 20.1. The summed E-state index contributed by atoms with van der Waals surface area (Å²) in [5.41, 5.74) is 0.799. The molecular formula is C21H24N4O5S3. The zero-order chi connectivity index (χ0) is 24.0. The number of amides is 1. The second-order valence-corrected chi connectivity index (χ2v) is 13.0. The van der Waals surface area contributed by atoms with Gasteiger partial charge in [-0.3, -0.25) is 10.1 Å². The molecule has 0 bridgehead atoms. The molecule has 1 saturated heterocycles. The van der Waals surface area contributed by atoms with Crippen LogP contribution in [0.4, 0.5) is 5.13 Å². The van der Waals surface area contributed by atoms with Crippen molar-refractivity contribution in [3.8, 4) is 0 Å². The molecule has 3 aromatic rings. The predicted molar refractivity (Wildman–Crippen MR) is 127 cm³/mol. The first kappa shape index (κ1) is 23.8. The molecule has 2 atom stereocenters. The Kier molecular flexibility index (Phi) is 6.31. The lowest BCUT2D eigenvalue weighted by Gasteiger charge is -2.34. The Morgan fingerprint density at radius 3 is 2.24 bits per heavy atom. The van der Waals surface area contributed by atoms with Crippen molar-refractivity contribution in [2.75, 3.05) is 18.4 Å². The number of hydrogen-bond acceptors (Lipinski definition) is 7. The first-order chi connectivity index (χ1) is 15.4. The van der Waals surface area contributed by atoms with Crippen molar-refractivity contribution < 1.29 is 21.6 Å². The number of carbonyl (C=O) groups is 1. The molecule has 12 heteroatoms. The number of rotatable bonds is 5. The molecule has 2 unspecified atom stereocenters. The molecule has 1 aliphatic heterocycles. The van der Waals surface area contributed by atoms with E-state index in [1.54, 1.807) is 0 Å². The van der Waals surface area contributed by atoms with Crippen LogP contribution < -0.4 is 10.5 Å². The van der Waals surface area contributed by atoms with Gasteiger partial charge in [0.2, 0.25) is 20.0 Å². The number of anilines is 1. The van der Waals surface area contributed by atoms with Gasteiger partial charge in [0.1, 0.15) is 0 Å². The van der Waals surface area contributed by atoms with E-state index in [4.69, 9.17) is 5.14 Å². The summed E-state index contributed by atoms with van der Waals surface area (Å²) < 4.78 is 51.1. The maximum Gasteiger partial charge on any atom is 0.257 e. The fourth-order valence-corrected chi connectivity index (χ4v) is 7.23. The van der Waals surface area contributed by atoms with E-state index in [2.05, 4.69) is 10.3 Å². The number of aromatic nitrogens is 1. The molecule has 0 spiro atoms. The van der Waals surface area contributed by atoms with Gasteiger partial charge in [0.25, 0.3) is 5.91 Å². The van der Waals surface area contributed by atoms with E-state index in [1.165, 1.54) is 46.8 Å². The summed E-state index contributed by atoms with van der Waals surface area (Å²) in [5, 5.41) is 8.11. The third kappa shape index (κ3) is 5.09. The number of carbonyl (C=O) groups excluding carboxylic acids is 1. The number of hydrogen-bond donors (Lipinski definition) is 2. The molecule has 0 saturated carbocycles. The Morgan fingerprint density at radius 2 is 1.64 bits per heavy atom. The first-order valence-corrected chi connectivity index (χ1v) is 14.1. The van der Waals surface area contributed by atoms with E-state index < -0.39 is 26.0 Å². The van der Waals surface area contributed by atoms with Gasteiger partial charge >= 0.3 is 0 Å². The van der Waals surface area contributed by atoms with Crippen LogP contribution in [0, 0.1) is 11.8 Å². The van der Waals surface area contributed by atoms with Gasteiger partial charge in [-0.1, -0.05) is 25.2 Å². The Morgan fingerprint density at radius 1 is 1.03 bits per heavy atom. The fraction of sp³-hybridized carbons (Fsp3) is 0.333. The summed E-state index contributed by atoms with van der Waals surface area (Å²) in [4.78, 5) is 17.0. The second kappa shape index (κ2) is 8.76.